The fourth-order valence-corrected chi connectivity index (χ4v) is 2.89. The van der Waals surface area contributed by atoms with Crippen LogP contribution < -0.4 is 4.90 Å². The highest BCUT2D eigenvalue weighted by Crippen LogP contribution is 2.26. The number of aryl methyl sites for hydroxylation is 1. The van der Waals surface area contributed by atoms with Gasteiger partial charge in [0.05, 0.1) is 6.61 Å². The second kappa shape index (κ2) is 6.19. The van der Waals surface area contributed by atoms with Crippen LogP contribution in [0.2, 0.25) is 0 Å². The molecule has 1 aliphatic heterocycles. The van der Waals surface area contributed by atoms with Crippen molar-refractivity contribution < 1.29 is 5.11 Å². The van der Waals surface area contributed by atoms with Crippen LogP contribution in [-0.4, -0.2) is 22.7 Å². The Balaban J connectivity index is 2.24. The van der Waals surface area contributed by atoms with Crippen LogP contribution in [0.4, 0.5) is 5.82 Å². The standard InChI is InChI=1S/C15H24N2O/c1-3-6-14-7-4-5-8-17(14)15-10-13(11-18)9-12(2)16-15/h9-10,14,18H,3-8,11H2,1-2H3. The van der Waals surface area contributed by atoms with E-state index in [0.29, 0.717) is 6.04 Å². The van der Waals surface area contributed by atoms with Crippen LogP contribution in [0.3, 0.4) is 0 Å². The first-order valence-corrected chi connectivity index (χ1v) is 7.09. The Morgan fingerprint density at radius 2 is 2.22 bits per heavy atom. The zero-order valence-corrected chi connectivity index (χ0v) is 11.5. The van der Waals surface area contributed by atoms with Crippen LogP contribution >= 0.6 is 0 Å². The molecule has 0 radical (unpaired) electrons. The molecule has 1 unspecified atom stereocenters. The first kappa shape index (κ1) is 13.3. The lowest BCUT2D eigenvalue weighted by Crippen LogP contribution is -2.40. The Bertz CT molecular complexity index is 390. The van der Waals surface area contributed by atoms with Gasteiger partial charge in [-0.05, 0) is 50.3 Å². The summed E-state index contributed by atoms with van der Waals surface area (Å²) in [5.74, 6) is 1.05. The lowest BCUT2D eigenvalue weighted by molar-refractivity contribution is 0.281. The lowest BCUT2D eigenvalue weighted by atomic mass is 9.98. The van der Waals surface area contributed by atoms with Crippen molar-refractivity contribution in [1.82, 2.24) is 4.98 Å². The minimum absolute atomic E-state index is 0.0998. The average molecular weight is 248 g/mol. The van der Waals surface area contributed by atoms with Crippen molar-refractivity contribution in [3.8, 4) is 0 Å². The molecule has 18 heavy (non-hydrogen) atoms. The van der Waals surface area contributed by atoms with E-state index in [9.17, 15) is 5.11 Å². The maximum Gasteiger partial charge on any atom is 0.129 e. The number of rotatable bonds is 4. The van der Waals surface area contributed by atoms with Gasteiger partial charge in [-0.25, -0.2) is 4.98 Å². The summed E-state index contributed by atoms with van der Waals surface area (Å²) >= 11 is 0. The van der Waals surface area contributed by atoms with Gasteiger partial charge in [0.15, 0.2) is 0 Å². The number of aliphatic hydroxyl groups is 1. The summed E-state index contributed by atoms with van der Waals surface area (Å²) < 4.78 is 0. The third kappa shape index (κ3) is 3.02. The van der Waals surface area contributed by atoms with E-state index in [4.69, 9.17) is 0 Å². The van der Waals surface area contributed by atoms with Crippen LogP contribution in [0.1, 0.15) is 50.3 Å². The minimum Gasteiger partial charge on any atom is -0.392 e. The van der Waals surface area contributed by atoms with Gasteiger partial charge in [0.1, 0.15) is 5.82 Å². The molecule has 0 aromatic carbocycles. The number of aromatic nitrogens is 1. The first-order chi connectivity index (χ1) is 8.74. The Hall–Kier alpha value is -1.09. The molecule has 1 aromatic rings. The van der Waals surface area contributed by atoms with Gasteiger partial charge in [0.25, 0.3) is 0 Å². The number of anilines is 1. The normalized spacial score (nSPS) is 20.2. The van der Waals surface area contributed by atoms with Crippen molar-refractivity contribution >= 4 is 5.82 Å². The molecule has 0 aliphatic carbocycles. The molecule has 1 saturated heterocycles. The molecule has 3 heteroatoms. The van der Waals surface area contributed by atoms with E-state index >= 15 is 0 Å². The summed E-state index contributed by atoms with van der Waals surface area (Å²) in [6.45, 7) is 5.45. The third-order valence-electron chi connectivity index (χ3n) is 3.73. The monoisotopic (exact) mass is 248 g/mol. The van der Waals surface area contributed by atoms with Gasteiger partial charge < -0.3 is 10.0 Å². The highest BCUT2D eigenvalue weighted by Gasteiger charge is 2.23. The van der Waals surface area contributed by atoms with Crippen molar-refractivity contribution in [3.63, 3.8) is 0 Å². The van der Waals surface area contributed by atoms with Crippen molar-refractivity contribution in [1.29, 1.82) is 0 Å². The lowest BCUT2D eigenvalue weighted by Gasteiger charge is -2.37. The number of aliphatic hydroxyl groups excluding tert-OH is 1. The van der Waals surface area contributed by atoms with Crippen molar-refractivity contribution in [2.75, 3.05) is 11.4 Å². The van der Waals surface area contributed by atoms with Gasteiger partial charge in [-0.15, -0.1) is 0 Å². The molecule has 3 nitrogen and oxygen atoms in total. The average Bonchev–Trinajstić information content (AvgIpc) is 2.39. The Labute approximate surface area is 110 Å². The number of hydrogen-bond acceptors (Lipinski definition) is 3. The van der Waals surface area contributed by atoms with Gasteiger partial charge in [-0.1, -0.05) is 13.3 Å². The molecule has 1 aromatic heterocycles. The Morgan fingerprint density at radius 3 is 2.94 bits per heavy atom. The van der Waals surface area contributed by atoms with Crippen molar-refractivity contribution in [2.45, 2.75) is 58.6 Å². The predicted octanol–water partition coefficient (Wildman–Crippen LogP) is 3.04. The van der Waals surface area contributed by atoms with E-state index in [-0.39, 0.29) is 6.61 Å². The maximum atomic E-state index is 9.31. The van der Waals surface area contributed by atoms with Gasteiger partial charge in [-0.3, -0.25) is 0 Å². The summed E-state index contributed by atoms with van der Waals surface area (Å²) in [7, 11) is 0. The van der Waals surface area contributed by atoms with E-state index in [2.05, 4.69) is 16.8 Å². The summed E-state index contributed by atoms with van der Waals surface area (Å²) in [6.07, 6.45) is 6.33. The molecule has 100 valence electrons. The quantitative estimate of drug-likeness (QED) is 0.889. The molecule has 0 amide bonds. The van der Waals surface area contributed by atoms with Crippen LogP contribution in [0.15, 0.2) is 12.1 Å². The Morgan fingerprint density at radius 1 is 1.39 bits per heavy atom. The largest absolute Gasteiger partial charge is 0.392 e. The molecule has 0 saturated carbocycles. The predicted molar refractivity (Wildman–Crippen MR) is 74.8 cm³/mol. The highest BCUT2D eigenvalue weighted by molar-refractivity contribution is 5.44. The minimum atomic E-state index is 0.0998. The van der Waals surface area contributed by atoms with E-state index in [1.807, 2.05) is 19.1 Å². The molecule has 1 fully saturated rings. The molecular formula is C15H24N2O. The summed E-state index contributed by atoms with van der Waals surface area (Å²) in [5, 5.41) is 9.31. The first-order valence-electron chi connectivity index (χ1n) is 7.09. The zero-order chi connectivity index (χ0) is 13.0. The van der Waals surface area contributed by atoms with Crippen LogP contribution in [0, 0.1) is 6.92 Å². The second-order valence-corrected chi connectivity index (χ2v) is 5.26. The molecular weight excluding hydrogens is 224 g/mol. The summed E-state index contributed by atoms with van der Waals surface area (Å²) in [5.41, 5.74) is 1.97. The van der Waals surface area contributed by atoms with E-state index in [1.54, 1.807) is 0 Å². The molecule has 1 aliphatic rings. The topological polar surface area (TPSA) is 36.4 Å². The molecule has 0 bridgehead atoms. The number of nitrogens with zero attached hydrogens (tertiary/aromatic N) is 2. The van der Waals surface area contributed by atoms with Crippen LogP contribution in [-0.2, 0) is 6.61 Å². The van der Waals surface area contributed by atoms with E-state index in [1.165, 1.54) is 32.1 Å². The number of piperidine rings is 1. The van der Waals surface area contributed by atoms with Crippen molar-refractivity contribution in [2.24, 2.45) is 0 Å². The van der Waals surface area contributed by atoms with Crippen LogP contribution in [0.25, 0.3) is 0 Å². The second-order valence-electron chi connectivity index (χ2n) is 5.26. The molecule has 2 rings (SSSR count). The molecule has 1 atom stereocenters. The van der Waals surface area contributed by atoms with Gasteiger partial charge in [0.2, 0.25) is 0 Å². The summed E-state index contributed by atoms with van der Waals surface area (Å²) in [4.78, 5) is 7.10. The van der Waals surface area contributed by atoms with Crippen molar-refractivity contribution in [3.05, 3.63) is 23.4 Å². The SMILES string of the molecule is CCCC1CCCCN1c1cc(CO)cc(C)n1. The van der Waals surface area contributed by atoms with Gasteiger partial charge in [-0.2, -0.15) is 0 Å². The fraction of sp³-hybridized carbons (Fsp3) is 0.667. The maximum absolute atomic E-state index is 9.31. The van der Waals surface area contributed by atoms with Crippen LogP contribution in [0.5, 0.6) is 0 Å². The third-order valence-corrected chi connectivity index (χ3v) is 3.73. The van der Waals surface area contributed by atoms with Gasteiger partial charge in [0, 0.05) is 18.3 Å². The van der Waals surface area contributed by atoms with E-state index < -0.39 is 0 Å². The smallest absolute Gasteiger partial charge is 0.129 e. The number of hydrogen-bond donors (Lipinski definition) is 1. The van der Waals surface area contributed by atoms with Gasteiger partial charge >= 0.3 is 0 Å². The highest BCUT2D eigenvalue weighted by atomic mass is 16.3. The molecule has 1 N–H and O–H groups in total. The fourth-order valence-electron chi connectivity index (χ4n) is 2.89. The number of pyridine rings is 1. The molecule has 0 spiro atoms. The summed E-state index contributed by atoms with van der Waals surface area (Å²) in [6, 6.07) is 4.63. The Kier molecular flexibility index (Phi) is 4.59. The molecule has 2 heterocycles. The zero-order valence-electron chi connectivity index (χ0n) is 11.5. The van der Waals surface area contributed by atoms with E-state index in [0.717, 1.165) is 23.6 Å².